The molecule has 1 amide bonds. The van der Waals surface area contributed by atoms with Crippen LogP contribution in [0.3, 0.4) is 0 Å². The summed E-state index contributed by atoms with van der Waals surface area (Å²) in [5.74, 6) is 1.23. The van der Waals surface area contributed by atoms with Crippen molar-refractivity contribution in [2.24, 2.45) is 5.73 Å². The van der Waals surface area contributed by atoms with Crippen LogP contribution in [-0.4, -0.2) is 31.7 Å². The van der Waals surface area contributed by atoms with Crippen molar-refractivity contribution in [1.29, 1.82) is 0 Å². The summed E-state index contributed by atoms with van der Waals surface area (Å²) in [6, 6.07) is 9.08. The monoisotopic (exact) mass is 315 g/mol. The van der Waals surface area contributed by atoms with Crippen molar-refractivity contribution in [3.05, 3.63) is 53.3 Å². The highest BCUT2D eigenvalue weighted by molar-refractivity contribution is 5.94. The lowest BCUT2D eigenvalue weighted by Crippen LogP contribution is -2.26. The number of benzene rings is 1. The number of amides is 1. The summed E-state index contributed by atoms with van der Waals surface area (Å²) < 4.78 is 10.5. The van der Waals surface area contributed by atoms with Gasteiger partial charge in [0.25, 0.3) is 5.91 Å². The van der Waals surface area contributed by atoms with Gasteiger partial charge in [0.2, 0.25) is 0 Å². The maximum atomic E-state index is 12.1. The predicted molar refractivity (Wildman–Crippen MR) is 87.7 cm³/mol. The molecule has 6 nitrogen and oxygen atoms in total. The van der Waals surface area contributed by atoms with Gasteiger partial charge in [-0.05, 0) is 36.2 Å². The Morgan fingerprint density at radius 3 is 2.65 bits per heavy atom. The van der Waals surface area contributed by atoms with Gasteiger partial charge in [0.1, 0.15) is 0 Å². The molecule has 0 unspecified atom stereocenters. The molecule has 0 aliphatic rings. The maximum absolute atomic E-state index is 12.1. The number of hydrogen-bond donors (Lipinski definition) is 2. The van der Waals surface area contributed by atoms with E-state index in [1.54, 1.807) is 32.5 Å². The van der Waals surface area contributed by atoms with E-state index in [2.05, 4.69) is 10.3 Å². The molecular formula is C17H21N3O3. The number of nitrogens with two attached hydrogens (primary N) is 1. The van der Waals surface area contributed by atoms with E-state index in [0.29, 0.717) is 42.3 Å². The number of methoxy groups -OCH3 is 2. The molecule has 0 aliphatic carbocycles. The molecule has 6 heteroatoms. The fraction of sp³-hybridized carbons (Fsp3) is 0.294. The van der Waals surface area contributed by atoms with Crippen LogP contribution in [0.4, 0.5) is 0 Å². The second-order valence-electron chi connectivity index (χ2n) is 4.94. The number of ether oxygens (including phenoxy) is 2. The fourth-order valence-corrected chi connectivity index (χ4v) is 2.19. The standard InChI is InChI=1S/C17H21N3O3/c1-22-15-4-3-12(9-16(15)23-2)5-7-20-17(21)13-6-8-19-14(10-13)11-18/h3-4,6,8-10H,5,7,11,18H2,1-2H3,(H,20,21). The molecule has 0 bridgehead atoms. The topological polar surface area (TPSA) is 86.5 Å². The van der Waals surface area contributed by atoms with Crippen LogP contribution in [0.15, 0.2) is 36.5 Å². The Bertz CT molecular complexity index is 674. The van der Waals surface area contributed by atoms with Gasteiger partial charge in [-0.3, -0.25) is 9.78 Å². The number of hydrogen-bond acceptors (Lipinski definition) is 5. The first kappa shape index (κ1) is 16.8. The largest absolute Gasteiger partial charge is 0.493 e. The number of nitrogens with zero attached hydrogens (tertiary/aromatic N) is 1. The van der Waals surface area contributed by atoms with E-state index >= 15 is 0 Å². The summed E-state index contributed by atoms with van der Waals surface area (Å²) >= 11 is 0. The highest BCUT2D eigenvalue weighted by Crippen LogP contribution is 2.27. The Morgan fingerprint density at radius 1 is 1.17 bits per heavy atom. The van der Waals surface area contributed by atoms with Gasteiger partial charge in [-0.2, -0.15) is 0 Å². The minimum Gasteiger partial charge on any atom is -0.493 e. The van der Waals surface area contributed by atoms with E-state index in [4.69, 9.17) is 15.2 Å². The zero-order valence-electron chi connectivity index (χ0n) is 13.3. The minimum absolute atomic E-state index is 0.137. The van der Waals surface area contributed by atoms with Crippen LogP contribution < -0.4 is 20.5 Å². The van der Waals surface area contributed by atoms with Crippen molar-refractivity contribution in [1.82, 2.24) is 10.3 Å². The second-order valence-corrected chi connectivity index (χ2v) is 4.94. The van der Waals surface area contributed by atoms with Gasteiger partial charge in [0.05, 0.1) is 19.9 Å². The molecule has 1 aromatic heterocycles. The van der Waals surface area contributed by atoms with Crippen LogP contribution in [0.5, 0.6) is 11.5 Å². The van der Waals surface area contributed by atoms with Crippen molar-refractivity contribution in [3.8, 4) is 11.5 Å². The molecule has 0 spiro atoms. The molecule has 0 atom stereocenters. The summed E-state index contributed by atoms with van der Waals surface area (Å²) in [7, 11) is 3.20. The van der Waals surface area contributed by atoms with Crippen molar-refractivity contribution in [2.45, 2.75) is 13.0 Å². The molecule has 0 radical (unpaired) electrons. The molecule has 0 aliphatic heterocycles. The average molecular weight is 315 g/mol. The normalized spacial score (nSPS) is 10.2. The Hall–Kier alpha value is -2.60. The number of nitrogens with one attached hydrogen (secondary N) is 1. The first-order valence-electron chi connectivity index (χ1n) is 7.32. The van der Waals surface area contributed by atoms with Gasteiger partial charge in [-0.25, -0.2) is 0 Å². The molecule has 0 saturated heterocycles. The number of carbonyl (C=O) groups is 1. The van der Waals surface area contributed by atoms with Gasteiger partial charge in [-0.1, -0.05) is 6.07 Å². The van der Waals surface area contributed by atoms with E-state index in [1.807, 2.05) is 18.2 Å². The number of aromatic nitrogens is 1. The van der Waals surface area contributed by atoms with Crippen LogP contribution in [0.25, 0.3) is 0 Å². The van der Waals surface area contributed by atoms with Gasteiger partial charge in [0, 0.05) is 24.8 Å². The summed E-state index contributed by atoms with van der Waals surface area (Å²) in [6.07, 6.45) is 2.28. The maximum Gasteiger partial charge on any atom is 0.251 e. The molecular weight excluding hydrogens is 294 g/mol. The number of carbonyl (C=O) groups excluding carboxylic acids is 1. The van der Waals surface area contributed by atoms with Crippen molar-refractivity contribution in [2.75, 3.05) is 20.8 Å². The van der Waals surface area contributed by atoms with Gasteiger partial charge >= 0.3 is 0 Å². The van der Waals surface area contributed by atoms with E-state index in [0.717, 1.165) is 5.56 Å². The fourth-order valence-electron chi connectivity index (χ4n) is 2.19. The van der Waals surface area contributed by atoms with Gasteiger partial charge in [0.15, 0.2) is 11.5 Å². The minimum atomic E-state index is -0.137. The third-order valence-electron chi connectivity index (χ3n) is 3.44. The van der Waals surface area contributed by atoms with Crippen LogP contribution in [-0.2, 0) is 13.0 Å². The smallest absolute Gasteiger partial charge is 0.251 e. The molecule has 0 saturated carbocycles. The molecule has 2 aromatic rings. The van der Waals surface area contributed by atoms with E-state index < -0.39 is 0 Å². The SMILES string of the molecule is COc1ccc(CCNC(=O)c2ccnc(CN)c2)cc1OC. The molecule has 122 valence electrons. The summed E-state index contributed by atoms with van der Waals surface area (Å²) in [5, 5.41) is 2.89. The van der Waals surface area contributed by atoms with Crippen molar-refractivity contribution >= 4 is 5.91 Å². The van der Waals surface area contributed by atoms with Crippen molar-refractivity contribution in [3.63, 3.8) is 0 Å². The highest BCUT2D eigenvalue weighted by atomic mass is 16.5. The highest BCUT2D eigenvalue weighted by Gasteiger charge is 2.07. The Labute approximate surface area is 135 Å². The first-order valence-corrected chi connectivity index (χ1v) is 7.32. The number of rotatable bonds is 7. The molecule has 1 heterocycles. The van der Waals surface area contributed by atoms with Gasteiger partial charge < -0.3 is 20.5 Å². The molecule has 0 fully saturated rings. The quantitative estimate of drug-likeness (QED) is 0.809. The van der Waals surface area contributed by atoms with Gasteiger partial charge in [-0.15, -0.1) is 0 Å². The average Bonchev–Trinajstić information content (AvgIpc) is 2.61. The molecule has 23 heavy (non-hydrogen) atoms. The zero-order chi connectivity index (χ0) is 16.7. The lowest BCUT2D eigenvalue weighted by atomic mass is 10.1. The molecule has 1 aromatic carbocycles. The predicted octanol–water partition coefficient (Wildman–Crippen LogP) is 1.53. The van der Waals surface area contributed by atoms with Crippen molar-refractivity contribution < 1.29 is 14.3 Å². The zero-order valence-corrected chi connectivity index (χ0v) is 13.3. The first-order chi connectivity index (χ1) is 11.2. The molecule has 2 rings (SSSR count). The Kier molecular flexibility index (Phi) is 5.94. The summed E-state index contributed by atoms with van der Waals surface area (Å²) in [6.45, 7) is 0.835. The Balaban J connectivity index is 1.92. The lowest BCUT2D eigenvalue weighted by molar-refractivity contribution is 0.0954. The molecule has 3 N–H and O–H groups in total. The third kappa shape index (κ3) is 4.43. The second kappa shape index (κ2) is 8.14. The van der Waals surface area contributed by atoms with E-state index in [-0.39, 0.29) is 5.91 Å². The van der Waals surface area contributed by atoms with E-state index in [1.165, 1.54) is 0 Å². The summed E-state index contributed by atoms with van der Waals surface area (Å²) in [5.41, 5.74) is 7.84. The number of pyridine rings is 1. The van der Waals surface area contributed by atoms with E-state index in [9.17, 15) is 4.79 Å². The summed E-state index contributed by atoms with van der Waals surface area (Å²) in [4.78, 5) is 16.2. The third-order valence-corrected chi connectivity index (χ3v) is 3.44. The lowest BCUT2D eigenvalue weighted by Gasteiger charge is -2.10. The van der Waals surface area contributed by atoms with Crippen LogP contribution in [0.1, 0.15) is 21.6 Å². The van der Waals surface area contributed by atoms with Crippen LogP contribution >= 0.6 is 0 Å². The van der Waals surface area contributed by atoms with Crippen LogP contribution in [0, 0.1) is 0 Å². The Morgan fingerprint density at radius 2 is 1.96 bits per heavy atom. The van der Waals surface area contributed by atoms with Crippen LogP contribution in [0.2, 0.25) is 0 Å².